The molecule has 0 saturated heterocycles. The standard InChI is InChI=1S/C12H14FNO5S2/c1-20(16,17)7-8-21(18,19)14-11-5-4-10(3-2-6-15)12(13)9-11/h4-5,9,14-15H,6-8H2,1H3. The van der Waals surface area contributed by atoms with E-state index in [4.69, 9.17) is 5.11 Å². The van der Waals surface area contributed by atoms with Gasteiger partial charge >= 0.3 is 0 Å². The van der Waals surface area contributed by atoms with Gasteiger partial charge in [-0.25, -0.2) is 21.2 Å². The van der Waals surface area contributed by atoms with Gasteiger partial charge in [-0.3, -0.25) is 4.72 Å². The molecule has 0 spiro atoms. The fourth-order valence-electron chi connectivity index (χ4n) is 1.31. The minimum Gasteiger partial charge on any atom is -0.384 e. The van der Waals surface area contributed by atoms with Crippen LogP contribution in [0, 0.1) is 17.7 Å². The van der Waals surface area contributed by atoms with Crippen LogP contribution in [-0.2, 0) is 19.9 Å². The zero-order valence-electron chi connectivity index (χ0n) is 11.1. The first-order chi connectivity index (χ1) is 9.63. The van der Waals surface area contributed by atoms with Gasteiger partial charge in [-0.15, -0.1) is 0 Å². The van der Waals surface area contributed by atoms with Crippen LogP contribution in [0.25, 0.3) is 0 Å². The Morgan fingerprint density at radius 1 is 1.24 bits per heavy atom. The van der Waals surface area contributed by atoms with Crippen molar-refractivity contribution in [2.75, 3.05) is 29.1 Å². The summed E-state index contributed by atoms with van der Waals surface area (Å²) in [6.45, 7) is -0.417. The van der Waals surface area contributed by atoms with E-state index in [1.807, 2.05) is 0 Å². The first-order valence-corrected chi connectivity index (χ1v) is 9.42. The van der Waals surface area contributed by atoms with Crippen LogP contribution in [0.5, 0.6) is 0 Å². The zero-order chi connectivity index (χ0) is 16.1. The van der Waals surface area contributed by atoms with Crippen LogP contribution in [0.4, 0.5) is 10.1 Å². The summed E-state index contributed by atoms with van der Waals surface area (Å²) in [5.41, 5.74) is -0.0151. The number of anilines is 1. The smallest absolute Gasteiger partial charge is 0.233 e. The van der Waals surface area contributed by atoms with Crippen molar-refractivity contribution in [3.63, 3.8) is 0 Å². The Morgan fingerprint density at radius 2 is 1.90 bits per heavy atom. The Balaban J connectivity index is 2.86. The van der Waals surface area contributed by atoms with E-state index in [-0.39, 0.29) is 11.3 Å². The van der Waals surface area contributed by atoms with Gasteiger partial charge < -0.3 is 5.11 Å². The fourth-order valence-corrected chi connectivity index (χ4v) is 3.98. The molecule has 0 unspecified atom stereocenters. The van der Waals surface area contributed by atoms with Gasteiger partial charge in [0.25, 0.3) is 0 Å². The fraction of sp³-hybridized carbons (Fsp3) is 0.333. The second kappa shape index (κ2) is 6.89. The van der Waals surface area contributed by atoms with Crippen LogP contribution in [0.3, 0.4) is 0 Å². The summed E-state index contributed by atoms with van der Waals surface area (Å²) in [6, 6.07) is 3.48. The van der Waals surface area contributed by atoms with E-state index in [0.717, 1.165) is 12.3 Å². The maximum absolute atomic E-state index is 13.6. The quantitative estimate of drug-likeness (QED) is 0.735. The average molecular weight is 335 g/mol. The van der Waals surface area contributed by atoms with Gasteiger partial charge in [0.05, 0.1) is 22.8 Å². The predicted molar refractivity (Wildman–Crippen MR) is 77.5 cm³/mol. The number of hydrogen-bond acceptors (Lipinski definition) is 5. The molecule has 0 atom stereocenters. The van der Waals surface area contributed by atoms with E-state index in [1.165, 1.54) is 12.1 Å². The van der Waals surface area contributed by atoms with E-state index in [9.17, 15) is 21.2 Å². The first kappa shape index (κ1) is 17.4. The van der Waals surface area contributed by atoms with Crippen LogP contribution in [0.15, 0.2) is 18.2 Å². The summed E-state index contributed by atoms with van der Waals surface area (Å²) in [6.07, 6.45) is 0.927. The lowest BCUT2D eigenvalue weighted by Crippen LogP contribution is -2.22. The second-order valence-electron chi connectivity index (χ2n) is 4.21. The van der Waals surface area contributed by atoms with Crippen molar-refractivity contribution in [2.24, 2.45) is 0 Å². The molecule has 2 N–H and O–H groups in total. The highest BCUT2D eigenvalue weighted by Crippen LogP contribution is 2.15. The van der Waals surface area contributed by atoms with Gasteiger partial charge in [0, 0.05) is 6.26 Å². The molecule has 1 aromatic rings. The number of aliphatic hydroxyl groups is 1. The summed E-state index contributed by atoms with van der Waals surface area (Å²) in [5.74, 6) is 2.75. The van der Waals surface area contributed by atoms with Gasteiger partial charge in [0.15, 0.2) is 0 Å². The molecule has 0 aromatic heterocycles. The van der Waals surface area contributed by atoms with Crippen molar-refractivity contribution in [1.29, 1.82) is 0 Å². The van der Waals surface area contributed by atoms with E-state index >= 15 is 0 Å². The topological polar surface area (TPSA) is 101 Å². The van der Waals surface area contributed by atoms with E-state index in [1.54, 1.807) is 0 Å². The molecule has 0 radical (unpaired) electrons. The first-order valence-electron chi connectivity index (χ1n) is 5.70. The van der Waals surface area contributed by atoms with Crippen LogP contribution < -0.4 is 4.72 Å². The number of nitrogens with one attached hydrogen (secondary N) is 1. The third-order valence-electron chi connectivity index (χ3n) is 2.27. The second-order valence-corrected chi connectivity index (χ2v) is 8.31. The number of benzene rings is 1. The molecule has 1 aromatic carbocycles. The van der Waals surface area contributed by atoms with Gasteiger partial charge in [-0.1, -0.05) is 11.8 Å². The van der Waals surface area contributed by atoms with Gasteiger partial charge in [-0.05, 0) is 18.2 Å². The lowest BCUT2D eigenvalue weighted by molar-refractivity contribution is 0.350. The minimum atomic E-state index is -3.89. The highest BCUT2D eigenvalue weighted by Gasteiger charge is 2.15. The maximum atomic E-state index is 13.6. The van der Waals surface area contributed by atoms with E-state index in [0.29, 0.717) is 0 Å². The molecule has 0 aliphatic rings. The maximum Gasteiger partial charge on any atom is 0.233 e. The molecule has 0 heterocycles. The van der Waals surface area contributed by atoms with Crippen LogP contribution in [0.2, 0.25) is 0 Å². The molecular weight excluding hydrogens is 321 g/mol. The van der Waals surface area contributed by atoms with E-state index in [2.05, 4.69) is 16.6 Å². The number of hydrogen-bond donors (Lipinski definition) is 2. The molecule has 1 rings (SSSR count). The largest absolute Gasteiger partial charge is 0.384 e. The van der Waals surface area contributed by atoms with Gasteiger partial charge in [0.2, 0.25) is 10.0 Å². The molecule has 21 heavy (non-hydrogen) atoms. The highest BCUT2D eigenvalue weighted by molar-refractivity contribution is 7.95. The van der Waals surface area contributed by atoms with Crippen molar-refractivity contribution >= 4 is 25.5 Å². The van der Waals surface area contributed by atoms with Crippen molar-refractivity contribution in [1.82, 2.24) is 0 Å². The number of rotatable bonds is 5. The Kier molecular flexibility index (Phi) is 5.71. The molecule has 9 heteroatoms. The molecule has 116 valence electrons. The Bertz CT molecular complexity index is 776. The summed E-state index contributed by atoms with van der Waals surface area (Å²) in [7, 11) is -7.30. The molecule has 0 amide bonds. The number of halogens is 1. The predicted octanol–water partition coefficient (Wildman–Crippen LogP) is -0.0442. The Labute approximate surface area is 123 Å². The van der Waals surface area contributed by atoms with Crippen LogP contribution >= 0.6 is 0 Å². The molecule has 0 fully saturated rings. The molecule has 0 aliphatic carbocycles. The van der Waals surface area contributed by atoms with Crippen molar-refractivity contribution < 1.29 is 26.3 Å². The summed E-state index contributed by atoms with van der Waals surface area (Å²) in [5, 5.41) is 8.51. The summed E-state index contributed by atoms with van der Waals surface area (Å²) >= 11 is 0. The normalized spacial score (nSPS) is 11.6. The number of aliphatic hydroxyl groups excluding tert-OH is 1. The molecule has 0 bridgehead atoms. The third-order valence-corrected chi connectivity index (χ3v) is 4.76. The molecule has 0 saturated carbocycles. The number of sulfonamides is 1. The van der Waals surface area contributed by atoms with Crippen LogP contribution in [0.1, 0.15) is 5.56 Å². The molecule has 6 nitrogen and oxygen atoms in total. The lowest BCUT2D eigenvalue weighted by Gasteiger charge is -2.08. The zero-order valence-corrected chi connectivity index (χ0v) is 12.8. The summed E-state index contributed by atoms with van der Waals surface area (Å²) in [4.78, 5) is 0. The minimum absolute atomic E-state index is 0.0168. The number of sulfone groups is 1. The monoisotopic (exact) mass is 335 g/mol. The van der Waals surface area contributed by atoms with Gasteiger partial charge in [-0.2, -0.15) is 0 Å². The van der Waals surface area contributed by atoms with Crippen molar-refractivity contribution in [2.45, 2.75) is 0 Å². The third kappa shape index (κ3) is 6.57. The Morgan fingerprint density at radius 3 is 2.43 bits per heavy atom. The molecular formula is C12H14FNO5S2. The highest BCUT2D eigenvalue weighted by atomic mass is 32.2. The Hall–Kier alpha value is -1.63. The lowest BCUT2D eigenvalue weighted by atomic mass is 10.2. The summed E-state index contributed by atoms with van der Waals surface area (Å²) < 4.78 is 60.9. The van der Waals surface area contributed by atoms with E-state index < -0.39 is 43.8 Å². The SMILES string of the molecule is CS(=O)(=O)CCS(=O)(=O)Nc1ccc(C#CCO)c(F)c1. The van der Waals surface area contributed by atoms with Crippen LogP contribution in [-0.4, -0.2) is 46.3 Å². The average Bonchev–Trinajstić information content (AvgIpc) is 2.34. The molecule has 0 aliphatic heterocycles. The van der Waals surface area contributed by atoms with Gasteiger partial charge in [0.1, 0.15) is 22.3 Å². The van der Waals surface area contributed by atoms with Crippen molar-refractivity contribution in [3.8, 4) is 11.8 Å². The van der Waals surface area contributed by atoms with Crippen molar-refractivity contribution in [3.05, 3.63) is 29.6 Å².